The molecule has 0 aliphatic rings. The number of benzene rings is 1. The fourth-order valence-corrected chi connectivity index (χ4v) is 2.02. The quantitative estimate of drug-likeness (QED) is 0.559. The van der Waals surface area contributed by atoms with Crippen molar-refractivity contribution in [1.82, 2.24) is 0 Å². The second-order valence-electron chi connectivity index (χ2n) is 3.25. The number of nitrogens with zero attached hydrogens (tertiary/aromatic N) is 1. The fraction of sp³-hybridized carbons (Fsp3) is 0.222. The highest BCUT2D eigenvalue weighted by molar-refractivity contribution is 9.10. The van der Waals surface area contributed by atoms with Gasteiger partial charge < -0.3 is 20.7 Å². The normalized spacial score (nSPS) is 11.9. The Balaban J connectivity index is 3.62. The number of phenolic OH excluding ortho intramolecular Hbond substituents is 1. The first-order valence-electron chi connectivity index (χ1n) is 4.53. The number of methoxy groups -OCH3 is 1. The molecule has 0 aliphatic carbocycles. The monoisotopic (exact) mass is 320 g/mol. The van der Waals surface area contributed by atoms with Crippen LogP contribution in [0.25, 0.3) is 0 Å². The maximum atomic E-state index is 10.8. The van der Waals surface area contributed by atoms with E-state index < -0.39 is 28.4 Å². The molecule has 0 radical (unpaired) electrons. The highest BCUT2D eigenvalue weighted by atomic mass is 79.9. The van der Waals surface area contributed by atoms with Crippen molar-refractivity contribution in [2.24, 2.45) is 5.73 Å². The van der Waals surface area contributed by atoms with E-state index in [1.807, 2.05) is 0 Å². The second-order valence-corrected chi connectivity index (χ2v) is 4.04. The molecule has 1 aromatic carbocycles. The number of carbonyl (C=O) groups is 1. The van der Waals surface area contributed by atoms with Gasteiger partial charge in [0.25, 0.3) is 5.69 Å². The van der Waals surface area contributed by atoms with Crippen molar-refractivity contribution in [3.63, 3.8) is 0 Å². The van der Waals surface area contributed by atoms with E-state index in [-0.39, 0.29) is 15.8 Å². The molecule has 0 fully saturated rings. The first-order chi connectivity index (χ1) is 8.31. The molecule has 0 aliphatic heterocycles. The van der Waals surface area contributed by atoms with E-state index >= 15 is 0 Å². The number of carboxylic acids is 1. The second kappa shape index (κ2) is 5.19. The summed E-state index contributed by atoms with van der Waals surface area (Å²) >= 11 is 2.86. The summed E-state index contributed by atoms with van der Waals surface area (Å²) < 4.78 is 4.54. The summed E-state index contributed by atoms with van der Waals surface area (Å²) in [4.78, 5) is 20.9. The Morgan fingerprint density at radius 3 is 2.61 bits per heavy atom. The van der Waals surface area contributed by atoms with Crippen LogP contribution in [0.3, 0.4) is 0 Å². The largest absolute Gasteiger partial charge is 0.504 e. The number of nitro benzene ring substituents is 1. The highest BCUT2D eigenvalue weighted by Crippen LogP contribution is 2.44. The Labute approximate surface area is 109 Å². The van der Waals surface area contributed by atoms with Crippen LogP contribution in [0.5, 0.6) is 11.5 Å². The van der Waals surface area contributed by atoms with E-state index in [0.29, 0.717) is 0 Å². The standard InChI is InChI=1S/C9H9BrN2O6/c1-18-4-2-3(12(16)17)6(10)5(8(4)13)7(11)9(14)15/h2,7,13H,11H2,1H3,(H,14,15)/t7-/m0/s1. The third kappa shape index (κ3) is 2.36. The van der Waals surface area contributed by atoms with Crippen LogP contribution >= 0.6 is 15.9 Å². The lowest BCUT2D eigenvalue weighted by Gasteiger charge is -2.14. The van der Waals surface area contributed by atoms with E-state index in [1.54, 1.807) is 0 Å². The number of aromatic hydroxyl groups is 1. The molecule has 18 heavy (non-hydrogen) atoms. The Kier molecular flexibility index (Phi) is 4.09. The molecule has 0 spiro atoms. The van der Waals surface area contributed by atoms with Gasteiger partial charge in [0.05, 0.1) is 18.1 Å². The van der Waals surface area contributed by atoms with Crippen molar-refractivity contribution in [1.29, 1.82) is 0 Å². The maximum absolute atomic E-state index is 10.8. The molecule has 8 nitrogen and oxygen atoms in total. The molecule has 0 bridgehead atoms. The van der Waals surface area contributed by atoms with Gasteiger partial charge >= 0.3 is 5.97 Å². The summed E-state index contributed by atoms with van der Waals surface area (Å²) in [5, 5.41) is 29.4. The van der Waals surface area contributed by atoms with E-state index in [9.17, 15) is 20.0 Å². The topological polar surface area (TPSA) is 136 Å². The molecule has 0 unspecified atom stereocenters. The Morgan fingerprint density at radius 1 is 1.67 bits per heavy atom. The van der Waals surface area contributed by atoms with Gasteiger partial charge in [0.15, 0.2) is 11.5 Å². The molecular weight excluding hydrogens is 312 g/mol. The molecule has 0 heterocycles. The number of rotatable bonds is 4. The van der Waals surface area contributed by atoms with Crippen LogP contribution in [0.2, 0.25) is 0 Å². The molecule has 4 N–H and O–H groups in total. The van der Waals surface area contributed by atoms with Crippen molar-refractivity contribution in [2.75, 3.05) is 7.11 Å². The molecule has 98 valence electrons. The van der Waals surface area contributed by atoms with Crippen molar-refractivity contribution in [2.45, 2.75) is 6.04 Å². The molecule has 0 saturated carbocycles. The van der Waals surface area contributed by atoms with Gasteiger partial charge in [0, 0.05) is 5.56 Å². The van der Waals surface area contributed by atoms with Crippen LogP contribution in [-0.2, 0) is 4.79 Å². The van der Waals surface area contributed by atoms with Gasteiger partial charge in [0.1, 0.15) is 10.5 Å². The van der Waals surface area contributed by atoms with Crippen LogP contribution in [0.1, 0.15) is 11.6 Å². The zero-order valence-corrected chi connectivity index (χ0v) is 10.7. The predicted molar refractivity (Wildman–Crippen MR) is 63.6 cm³/mol. The lowest BCUT2D eigenvalue weighted by Crippen LogP contribution is -2.21. The number of nitrogens with two attached hydrogens (primary N) is 1. The number of nitro groups is 1. The summed E-state index contributed by atoms with van der Waals surface area (Å²) in [7, 11) is 1.18. The number of halogens is 1. The lowest BCUT2D eigenvalue weighted by atomic mass is 10.0. The minimum Gasteiger partial charge on any atom is -0.504 e. The molecule has 0 saturated heterocycles. The highest BCUT2D eigenvalue weighted by Gasteiger charge is 2.30. The van der Waals surface area contributed by atoms with Crippen LogP contribution in [0.4, 0.5) is 5.69 Å². The summed E-state index contributed by atoms with van der Waals surface area (Å²) in [5.74, 6) is -2.21. The summed E-state index contributed by atoms with van der Waals surface area (Å²) in [6, 6.07) is -0.648. The zero-order chi connectivity index (χ0) is 14.0. The molecular formula is C9H9BrN2O6. The Morgan fingerprint density at radius 2 is 2.22 bits per heavy atom. The molecule has 1 aromatic rings. The summed E-state index contributed by atoms with van der Waals surface area (Å²) in [5.41, 5.74) is 4.61. The molecule has 1 rings (SSSR count). The average Bonchev–Trinajstić information content (AvgIpc) is 2.28. The van der Waals surface area contributed by atoms with Gasteiger partial charge in [-0.05, 0) is 15.9 Å². The molecule has 1 atom stereocenters. The lowest BCUT2D eigenvalue weighted by molar-refractivity contribution is -0.385. The molecule has 9 heteroatoms. The summed E-state index contributed by atoms with van der Waals surface area (Å²) in [6.07, 6.45) is 0. The minimum atomic E-state index is -1.62. The van der Waals surface area contributed by atoms with Crippen LogP contribution in [0, 0.1) is 10.1 Å². The number of ether oxygens (including phenoxy) is 1. The van der Waals surface area contributed by atoms with E-state index in [0.717, 1.165) is 6.07 Å². The van der Waals surface area contributed by atoms with Crippen LogP contribution < -0.4 is 10.5 Å². The molecule has 0 aromatic heterocycles. The van der Waals surface area contributed by atoms with Gasteiger partial charge in [0.2, 0.25) is 0 Å². The van der Waals surface area contributed by atoms with Gasteiger partial charge in [-0.2, -0.15) is 0 Å². The first-order valence-corrected chi connectivity index (χ1v) is 5.32. The number of aliphatic carboxylic acids is 1. The SMILES string of the molecule is COc1cc([N+](=O)[O-])c(Br)c([C@H](N)C(=O)O)c1O. The van der Waals surface area contributed by atoms with E-state index in [1.165, 1.54) is 7.11 Å². The van der Waals surface area contributed by atoms with Crippen molar-refractivity contribution >= 4 is 27.6 Å². The van der Waals surface area contributed by atoms with Crippen LogP contribution in [-0.4, -0.2) is 28.2 Å². The Hall–Kier alpha value is -1.87. The maximum Gasteiger partial charge on any atom is 0.325 e. The molecule has 0 amide bonds. The zero-order valence-electron chi connectivity index (χ0n) is 9.08. The Bertz CT molecular complexity index is 518. The van der Waals surface area contributed by atoms with Gasteiger partial charge in [-0.3, -0.25) is 14.9 Å². The smallest absolute Gasteiger partial charge is 0.325 e. The van der Waals surface area contributed by atoms with Crippen molar-refractivity contribution in [3.05, 3.63) is 26.2 Å². The third-order valence-corrected chi connectivity index (χ3v) is 3.04. The summed E-state index contributed by atoms with van der Waals surface area (Å²) in [6.45, 7) is 0. The third-order valence-electron chi connectivity index (χ3n) is 2.21. The minimum absolute atomic E-state index is 0.194. The first kappa shape index (κ1) is 14.2. The van der Waals surface area contributed by atoms with E-state index in [2.05, 4.69) is 15.9 Å². The van der Waals surface area contributed by atoms with Crippen molar-refractivity contribution < 1.29 is 24.7 Å². The number of phenols is 1. The van der Waals surface area contributed by atoms with Gasteiger partial charge in [-0.1, -0.05) is 0 Å². The number of hydrogen-bond donors (Lipinski definition) is 3. The predicted octanol–water partition coefficient (Wildman–Crippen LogP) is 1.16. The number of hydrogen-bond acceptors (Lipinski definition) is 6. The average molecular weight is 321 g/mol. The van der Waals surface area contributed by atoms with Crippen LogP contribution in [0.15, 0.2) is 10.5 Å². The number of carboxylic acid groups (broad SMARTS) is 1. The van der Waals surface area contributed by atoms with E-state index in [4.69, 9.17) is 15.6 Å². The van der Waals surface area contributed by atoms with Crippen molar-refractivity contribution in [3.8, 4) is 11.5 Å². The van der Waals surface area contributed by atoms with Gasteiger partial charge in [-0.25, -0.2) is 0 Å². The van der Waals surface area contributed by atoms with Gasteiger partial charge in [-0.15, -0.1) is 0 Å². The fourth-order valence-electron chi connectivity index (χ4n) is 1.33.